The van der Waals surface area contributed by atoms with Gasteiger partial charge in [-0.1, -0.05) is 19.6 Å². The molecule has 0 saturated heterocycles. The van der Waals surface area contributed by atoms with Crippen LogP contribution >= 0.6 is 0 Å². The lowest BCUT2D eigenvalue weighted by Crippen LogP contribution is -2.22. The van der Waals surface area contributed by atoms with Gasteiger partial charge in [0.05, 0.1) is 8.07 Å². The molecule has 0 aliphatic rings. The van der Waals surface area contributed by atoms with Crippen molar-refractivity contribution in [3.8, 4) is 0 Å². The normalized spacial score (nSPS) is 9.93. The van der Waals surface area contributed by atoms with Gasteiger partial charge in [-0.25, -0.2) is 0 Å². The fourth-order valence-electron chi connectivity index (χ4n) is 0.926. The van der Waals surface area contributed by atoms with E-state index in [1.807, 2.05) is 0 Å². The molecule has 0 heterocycles. The molecule has 0 N–H and O–H groups in total. The van der Waals surface area contributed by atoms with Crippen LogP contribution in [0.4, 0.5) is 0 Å². The quantitative estimate of drug-likeness (QED) is 0.355. The molecule has 0 aromatic rings. The predicted octanol–water partition coefficient (Wildman–Crippen LogP) is 4.48. The smallest absolute Gasteiger partial charge is 0.0883 e. The van der Waals surface area contributed by atoms with Crippen molar-refractivity contribution in [2.45, 2.75) is 47.3 Å². The van der Waals surface area contributed by atoms with Gasteiger partial charge in [0.25, 0.3) is 0 Å². The van der Waals surface area contributed by atoms with E-state index in [1.54, 1.807) is 0 Å². The molecule has 0 aromatic carbocycles. The Labute approximate surface area is 89.7 Å². The van der Waals surface area contributed by atoms with Gasteiger partial charge in [0.2, 0.25) is 0 Å². The van der Waals surface area contributed by atoms with Gasteiger partial charge in [0.15, 0.2) is 0 Å². The third kappa shape index (κ3) is 5.83. The molecule has 0 aromatic heterocycles. The Morgan fingerprint density at radius 1 is 0.929 bits per heavy atom. The SMILES string of the molecule is CC(C)=C=CC(=C=C(C)C)[Si](C)(C)C. The molecule has 0 fully saturated rings. The minimum absolute atomic E-state index is 1.22. The highest BCUT2D eigenvalue weighted by atomic mass is 28.3. The average molecular weight is 206 g/mol. The highest BCUT2D eigenvalue weighted by Gasteiger charge is 2.16. The predicted molar refractivity (Wildman–Crippen MR) is 68.2 cm³/mol. The van der Waals surface area contributed by atoms with E-state index < -0.39 is 8.07 Å². The summed E-state index contributed by atoms with van der Waals surface area (Å²) < 4.78 is 0. The summed E-state index contributed by atoms with van der Waals surface area (Å²) >= 11 is 0. The maximum absolute atomic E-state index is 3.44. The zero-order valence-electron chi connectivity index (χ0n) is 10.6. The fraction of sp³-hybridized carbons (Fsp3) is 0.538. The Bertz CT molecular complexity index is 317. The molecule has 0 aliphatic carbocycles. The van der Waals surface area contributed by atoms with Crippen LogP contribution in [0.2, 0.25) is 19.6 Å². The minimum Gasteiger partial charge on any atom is -0.123 e. The summed E-state index contributed by atoms with van der Waals surface area (Å²) in [5.41, 5.74) is 9.17. The molecule has 0 atom stereocenters. The first-order chi connectivity index (χ1) is 6.23. The summed E-state index contributed by atoms with van der Waals surface area (Å²) in [6.45, 7) is 15.3. The monoisotopic (exact) mass is 206 g/mol. The van der Waals surface area contributed by atoms with Crippen molar-refractivity contribution in [2.24, 2.45) is 0 Å². The Kier molecular flexibility index (Phi) is 4.94. The van der Waals surface area contributed by atoms with Crippen molar-refractivity contribution in [3.63, 3.8) is 0 Å². The maximum Gasteiger partial charge on any atom is 0.0883 e. The van der Waals surface area contributed by atoms with E-state index in [0.29, 0.717) is 0 Å². The second kappa shape index (κ2) is 5.22. The molecule has 0 radical (unpaired) electrons. The maximum atomic E-state index is 3.44. The number of allylic oxidation sites excluding steroid dienone is 2. The van der Waals surface area contributed by atoms with Gasteiger partial charge in [-0.3, -0.25) is 0 Å². The molecule has 0 bridgehead atoms. The lowest BCUT2D eigenvalue weighted by atomic mass is 10.3. The summed E-state index contributed by atoms with van der Waals surface area (Å²) in [6, 6.07) is 0. The van der Waals surface area contributed by atoms with Gasteiger partial charge < -0.3 is 0 Å². The molecule has 0 spiro atoms. The average Bonchev–Trinajstić information content (AvgIpc) is 1.94. The van der Waals surface area contributed by atoms with E-state index in [9.17, 15) is 0 Å². The van der Waals surface area contributed by atoms with Crippen LogP contribution < -0.4 is 0 Å². The van der Waals surface area contributed by atoms with E-state index in [1.165, 1.54) is 16.3 Å². The first kappa shape index (κ1) is 13.3. The molecular weight excluding hydrogens is 184 g/mol. The van der Waals surface area contributed by atoms with E-state index in [2.05, 4.69) is 64.9 Å². The van der Waals surface area contributed by atoms with E-state index >= 15 is 0 Å². The van der Waals surface area contributed by atoms with Crippen molar-refractivity contribution in [2.75, 3.05) is 0 Å². The largest absolute Gasteiger partial charge is 0.123 e. The van der Waals surface area contributed by atoms with Crippen LogP contribution in [0.15, 0.2) is 33.9 Å². The lowest BCUT2D eigenvalue weighted by Gasteiger charge is -2.14. The van der Waals surface area contributed by atoms with Gasteiger partial charge >= 0.3 is 0 Å². The molecule has 0 aliphatic heterocycles. The Balaban J connectivity index is 5.41. The summed E-state index contributed by atoms with van der Waals surface area (Å²) in [6.07, 6.45) is 2.11. The van der Waals surface area contributed by atoms with Crippen LogP contribution in [0.25, 0.3) is 0 Å². The second-order valence-corrected chi connectivity index (χ2v) is 10.1. The second-order valence-electron chi connectivity index (χ2n) is 5.08. The zero-order chi connectivity index (χ0) is 11.4. The van der Waals surface area contributed by atoms with Crippen molar-refractivity contribution in [3.05, 3.63) is 33.9 Å². The van der Waals surface area contributed by atoms with E-state index in [0.717, 1.165) is 0 Å². The molecule has 0 unspecified atom stereocenters. The van der Waals surface area contributed by atoms with Crippen molar-refractivity contribution in [1.82, 2.24) is 0 Å². The topological polar surface area (TPSA) is 0 Å². The van der Waals surface area contributed by atoms with E-state index in [4.69, 9.17) is 0 Å². The lowest BCUT2D eigenvalue weighted by molar-refractivity contribution is 1.39. The van der Waals surface area contributed by atoms with Crippen LogP contribution in [0.5, 0.6) is 0 Å². The summed E-state index contributed by atoms with van der Waals surface area (Å²) in [4.78, 5) is 0. The molecule has 0 nitrogen and oxygen atoms in total. The first-order valence-electron chi connectivity index (χ1n) is 5.08. The van der Waals surface area contributed by atoms with E-state index in [-0.39, 0.29) is 0 Å². The summed E-state index contributed by atoms with van der Waals surface area (Å²) in [5.74, 6) is 0. The molecule has 0 amide bonds. The molecule has 14 heavy (non-hydrogen) atoms. The zero-order valence-corrected chi connectivity index (χ0v) is 11.6. The van der Waals surface area contributed by atoms with Crippen LogP contribution in [-0.2, 0) is 0 Å². The van der Waals surface area contributed by atoms with Gasteiger partial charge in [-0.15, -0.1) is 11.5 Å². The van der Waals surface area contributed by atoms with Crippen molar-refractivity contribution < 1.29 is 0 Å². The van der Waals surface area contributed by atoms with Crippen molar-refractivity contribution >= 4 is 8.07 Å². The Morgan fingerprint density at radius 2 is 1.43 bits per heavy atom. The number of hydrogen-bond acceptors (Lipinski definition) is 0. The summed E-state index contributed by atoms with van der Waals surface area (Å²) in [5, 5.41) is 1.35. The molecule has 1 heteroatoms. The van der Waals surface area contributed by atoms with Crippen LogP contribution in [0.3, 0.4) is 0 Å². The molecule has 78 valence electrons. The van der Waals surface area contributed by atoms with Crippen LogP contribution in [0.1, 0.15) is 27.7 Å². The van der Waals surface area contributed by atoms with Crippen LogP contribution in [0, 0.1) is 0 Å². The Hall–Kier alpha value is -0.743. The van der Waals surface area contributed by atoms with Gasteiger partial charge in [0, 0.05) is 0 Å². The first-order valence-corrected chi connectivity index (χ1v) is 8.58. The Morgan fingerprint density at radius 3 is 1.71 bits per heavy atom. The third-order valence-corrected chi connectivity index (χ3v) is 3.58. The standard InChI is InChI=1S/C13H22Si/c1-11(2)8-9-13(10-12(3)4)14(5,6)7/h9H,1-7H3. The number of hydrogen-bond donors (Lipinski definition) is 0. The van der Waals surface area contributed by atoms with Crippen LogP contribution in [-0.4, -0.2) is 8.07 Å². The number of rotatable bonds is 2. The highest BCUT2D eigenvalue weighted by Crippen LogP contribution is 2.15. The fourth-order valence-corrected chi connectivity index (χ4v) is 2.06. The molecule has 0 saturated carbocycles. The molecular formula is C13H22Si. The third-order valence-electron chi connectivity index (χ3n) is 1.70. The van der Waals surface area contributed by atoms with Gasteiger partial charge in [-0.05, 0) is 50.1 Å². The van der Waals surface area contributed by atoms with Crippen molar-refractivity contribution in [1.29, 1.82) is 0 Å². The van der Waals surface area contributed by atoms with Gasteiger partial charge in [-0.2, -0.15) is 0 Å². The van der Waals surface area contributed by atoms with Gasteiger partial charge in [0.1, 0.15) is 0 Å². The summed E-state index contributed by atoms with van der Waals surface area (Å²) in [7, 11) is -1.26. The highest BCUT2D eigenvalue weighted by molar-refractivity contribution is 6.83. The molecule has 0 rings (SSSR count). The minimum atomic E-state index is -1.26.